The Morgan fingerprint density at radius 1 is 1.29 bits per heavy atom. The quantitative estimate of drug-likeness (QED) is 0.661. The molecule has 9 heteroatoms. The number of hydrogen-bond donors (Lipinski definition) is 1. The molecule has 1 aromatic heterocycles. The van der Waals surface area contributed by atoms with Gasteiger partial charge in [0.1, 0.15) is 11.2 Å². The minimum Gasteiger partial charge on any atom is -0.478 e. The van der Waals surface area contributed by atoms with Crippen LogP contribution in [-0.2, 0) is 0 Å². The number of nitrogens with zero attached hydrogens (tertiary/aromatic N) is 2. The van der Waals surface area contributed by atoms with Crippen LogP contribution in [0.25, 0.3) is 0 Å². The smallest absolute Gasteiger partial charge is 0.338 e. The van der Waals surface area contributed by atoms with E-state index in [0.717, 1.165) is 24.0 Å². The number of carbonyl (C=O) groups is 1. The van der Waals surface area contributed by atoms with Crippen molar-refractivity contribution in [2.45, 2.75) is 9.92 Å². The van der Waals surface area contributed by atoms with E-state index in [1.807, 2.05) is 0 Å². The number of halogens is 2. The normalized spacial score (nSPS) is 10.4. The summed E-state index contributed by atoms with van der Waals surface area (Å²) in [6, 6.07) is 5.74. The van der Waals surface area contributed by atoms with Crippen molar-refractivity contribution in [1.82, 2.24) is 4.98 Å². The number of rotatable bonds is 4. The Balaban J connectivity index is 2.41. The topological polar surface area (TPSA) is 93.3 Å². The second kappa shape index (κ2) is 6.30. The molecule has 2 rings (SSSR count). The van der Waals surface area contributed by atoms with Gasteiger partial charge >= 0.3 is 5.97 Å². The molecule has 0 aliphatic carbocycles. The average molecular weight is 345 g/mol. The molecule has 0 atom stereocenters. The molecule has 0 amide bonds. The number of carboxylic acid groups (broad SMARTS) is 1. The fourth-order valence-electron chi connectivity index (χ4n) is 1.43. The molecular weight excluding hydrogens is 339 g/mol. The Kier molecular flexibility index (Phi) is 4.66. The highest BCUT2D eigenvalue weighted by atomic mass is 35.5. The molecule has 108 valence electrons. The van der Waals surface area contributed by atoms with E-state index in [1.54, 1.807) is 18.2 Å². The summed E-state index contributed by atoms with van der Waals surface area (Å²) in [5.41, 5.74) is -0.633. The molecule has 0 saturated heterocycles. The lowest BCUT2D eigenvalue weighted by atomic mass is 10.3. The summed E-state index contributed by atoms with van der Waals surface area (Å²) in [5, 5.41) is 20.6. The summed E-state index contributed by atoms with van der Waals surface area (Å²) in [6.45, 7) is 0. The Labute approximate surface area is 132 Å². The molecule has 1 N–H and O–H groups in total. The highest BCUT2D eigenvalue weighted by molar-refractivity contribution is 7.99. The Bertz CT molecular complexity index is 739. The Morgan fingerprint density at radius 2 is 2.00 bits per heavy atom. The second-order valence-electron chi connectivity index (χ2n) is 3.79. The number of nitro groups is 1. The summed E-state index contributed by atoms with van der Waals surface area (Å²) >= 11 is 12.7. The van der Waals surface area contributed by atoms with Crippen LogP contribution in [0.1, 0.15) is 10.4 Å². The van der Waals surface area contributed by atoms with Gasteiger partial charge in [-0.2, -0.15) is 0 Å². The first-order chi connectivity index (χ1) is 9.88. The first-order valence-electron chi connectivity index (χ1n) is 5.39. The van der Waals surface area contributed by atoms with E-state index in [9.17, 15) is 14.9 Å². The van der Waals surface area contributed by atoms with Gasteiger partial charge < -0.3 is 5.11 Å². The van der Waals surface area contributed by atoms with E-state index in [0.29, 0.717) is 14.9 Å². The van der Waals surface area contributed by atoms with Gasteiger partial charge in [0, 0.05) is 11.0 Å². The van der Waals surface area contributed by atoms with Crippen LogP contribution in [0.5, 0.6) is 0 Å². The number of benzene rings is 1. The molecular formula is C12H6Cl2N2O4S. The van der Waals surface area contributed by atoms with Crippen molar-refractivity contribution in [3.05, 3.63) is 56.2 Å². The standard InChI is InChI=1S/C12H6Cl2N2O4S/c13-9-2-1-7(4-10(9)14)21-11-8(12(17)18)3-6(5-15-11)16(19)20/h1-5H,(H,17,18). The predicted molar refractivity (Wildman–Crippen MR) is 78.4 cm³/mol. The molecule has 0 bridgehead atoms. The maximum Gasteiger partial charge on any atom is 0.338 e. The van der Waals surface area contributed by atoms with Crippen LogP contribution < -0.4 is 0 Å². The summed E-state index contributed by atoms with van der Waals surface area (Å²) in [5.74, 6) is -1.30. The van der Waals surface area contributed by atoms with Gasteiger partial charge in [0.2, 0.25) is 0 Å². The van der Waals surface area contributed by atoms with E-state index in [2.05, 4.69) is 4.98 Å². The van der Waals surface area contributed by atoms with Crippen molar-refractivity contribution in [2.75, 3.05) is 0 Å². The van der Waals surface area contributed by atoms with E-state index in [1.165, 1.54) is 0 Å². The van der Waals surface area contributed by atoms with E-state index < -0.39 is 10.9 Å². The number of hydrogen-bond acceptors (Lipinski definition) is 5. The summed E-state index contributed by atoms with van der Waals surface area (Å²) in [4.78, 5) is 25.6. The molecule has 1 heterocycles. The molecule has 21 heavy (non-hydrogen) atoms. The fourth-order valence-corrected chi connectivity index (χ4v) is 2.69. The van der Waals surface area contributed by atoms with Crippen molar-refractivity contribution in [3.63, 3.8) is 0 Å². The molecule has 0 saturated carbocycles. The third-order valence-corrected chi connectivity index (χ3v) is 4.13. The first-order valence-corrected chi connectivity index (χ1v) is 6.96. The predicted octanol–water partition coefficient (Wildman–Crippen LogP) is 4.15. The van der Waals surface area contributed by atoms with Crippen LogP contribution in [0, 0.1) is 10.1 Å². The SMILES string of the molecule is O=C(O)c1cc([N+](=O)[O-])cnc1Sc1ccc(Cl)c(Cl)c1. The van der Waals surface area contributed by atoms with E-state index in [-0.39, 0.29) is 16.3 Å². The highest BCUT2D eigenvalue weighted by Gasteiger charge is 2.18. The number of pyridine rings is 1. The van der Waals surface area contributed by atoms with Gasteiger partial charge in [-0.05, 0) is 18.2 Å². The van der Waals surface area contributed by atoms with E-state index in [4.69, 9.17) is 28.3 Å². The van der Waals surface area contributed by atoms with Crippen molar-refractivity contribution < 1.29 is 14.8 Å². The molecule has 2 aromatic rings. The molecule has 0 aliphatic rings. The first kappa shape index (κ1) is 15.6. The van der Waals surface area contributed by atoms with Crippen LogP contribution in [-0.4, -0.2) is 21.0 Å². The third kappa shape index (κ3) is 3.63. The molecule has 6 nitrogen and oxygen atoms in total. The van der Waals surface area contributed by atoms with Gasteiger partial charge in [-0.25, -0.2) is 9.78 Å². The molecule has 0 unspecified atom stereocenters. The van der Waals surface area contributed by atoms with Crippen molar-refractivity contribution in [2.24, 2.45) is 0 Å². The van der Waals surface area contributed by atoms with Gasteiger partial charge in [0.25, 0.3) is 5.69 Å². The molecule has 0 spiro atoms. The van der Waals surface area contributed by atoms with Gasteiger partial charge in [0.15, 0.2) is 0 Å². The van der Waals surface area contributed by atoms with Gasteiger partial charge in [0.05, 0.1) is 20.5 Å². The zero-order valence-electron chi connectivity index (χ0n) is 10.1. The molecule has 0 radical (unpaired) electrons. The lowest BCUT2D eigenvalue weighted by Crippen LogP contribution is -2.02. The van der Waals surface area contributed by atoms with Gasteiger partial charge in [-0.1, -0.05) is 35.0 Å². The molecule has 0 fully saturated rings. The van der Waals surface area contributed by atoms with Crippen LogP contribution >= 0.6 is 35.0 Å². The summed E-state index contributed by atoms with van der Waals surface area (Å²) in [7, 11) is 0. The van der Waals surface area contributed by atoms with Crippen LogP contribution in [0.2, 0.25) is 10.0 Å². The van der Waals surface area contributed by atoms with Crippen LogP contribution in [0.3, 0.4) is 0 Å². The lowest BCUT2D eigenvalue weighted by Gasteiger charge is -2.05. The van der Waals surface area contributed by atoms with Gasteiger partial charge in [-0.15, -0.1) is 0 Å². The summed E-state index contributed by atoms with van der Waals surface area (Å²) in [6.07, 6.45) is 1.01. The monoisotopic (exact) mass is 344 g/mol. The van der Waals surface area contributed by atoms with E-state index >= 15 is 0 Å². The average Bonchev–Trinajstić information content (AvgIpc) is 2.43. The second-order valence-corrected chi connectivity index (χ2v) is 5.66. The number of carboxylic acids is 1. The van der Waals surface area contributed by atoms with Crippen molar-refractivity contribution in [3.8, 4) is 0 Å². The minimum absolute atomic E-state index is 0.131. The number of aromatic nitrogens is 1. The largest absolute Gasteiger partial charge is 0.478 e. The van der Waals surface area contributed by atoms with Crippen LogP contribution in [0.15, 0.2) is 40.4 Å². The van der Waals surface area contributed by atoms with Crippen molar-refractivity contribution >= 4 is 46.6 Å². The van der Waals surface area contributed by atoms with Crippen molar-refractivity contribution in [1.29, 1.82) is 0 Å². The maximum absolute atomic E-state index is 11.2. The zero-order chi connectivity index (χ0) is 15.6. The van der Waals surface area contributed by atoms with Crippen LogP contribution in [0.4, 0.5) is 5.69 Å². The highest BCUT2D eigenvalue weighted by Crippen LogP contribution is 2.34. The van der Waals surface area contributed by atoms with Gasteiger partial charge in [-0.3, -0.25) is 10.1 Å². The minimum atomic E-state index is -1.30. The molecule has 0 aliphatic heterocycles. The zero-order valence-corrected chi connectivity index (χ0v) is 12.4. The number of aromatic carboxylic acids is 1. The fraction of sp³-hybridized carbons (Fsp3) is 0. The Hall–Kier alpha value is -1.83. The lowest BCUT2D eigenvalue weighted by molar-refractivity contribution is -0.385. The maximum atomic E-state index is 11.2. The Morgan fingerprint density at radius 3 is 2.57 bits per heavy atom. The summed E-state index contributed by atoms with van der Waals surface area (Å²) < 4.78 is 0. The molecule has 1 aromatic carbocycles. The third-order valence-electron chi connectivity index (χ3n) is 2.38.